The standard InChI is InChI=1S/C24H26N4O6S2/c29-23(25-13-17-9-11-35(31,32)15-17)27-21-5-1-19(2-6-21)20-3-7-22(8-4-20)28-24(30)26-14-18-10-12-36(33,34)16-18/h1-12,17-18H,13-16H2,(H2,25,27,29)(H2,26,28,30)/t17-,18-/m1/s1. The number of benzene rings is 2. The zero-order valence-electron chi connectivity index (χ0n) is 19.2. The fourth-order valence-electron chi connectivity index (χ4n) is 3.82. The number of sulfone groups is 2. The maximum atomic E-state index is 12.1. The Hall–Kier alpha value is -3.64. The first-order valence-corrected chi connectivity index (χ1v) is 14.6. The van der Waals surface area contributed by atoms with Crippen molar-refractivity contribution in [2.45, 2.75) is 0 Å². The van der Waals surface area contributed by atoms with Crippen LogP contribution in [0.4, 0.5) is 21.0 Å². The van der Waals surface area contributed by atoms with E-state index in [0.29, 0.717) is 11.4 Å². The van der Waals surface area contributed by atoms with E-state index >= 15 is 0 Å². The highest BCUT2D eigenvalue weighted by molar-refractivity contribution is 7.94. The lowest BCUT2D eigenvalue weighted by molar-refractivity contribution is 0.250. The molecule has 0 fully saturated rings. The predicted molar refractivity (Wildman–Crippen MR) is 139 cm³/mol. The Balaban J connectivity index is 1.23. The van der Waals surface area contributed by atoms with Crippen LogP contribution in [0.25, 0.3) is 11.1 Å². The minimum atomic E-state index is -3.15. The van der Waals surface area contributed by atoms with Crippen molar-refractivity contribution in [3.63, 3.8) is 0 Å². The lowest BCUT2D eigenvalue weighted by Crippen LogP contribution is -2.33. The van der Waals surface area contributed by atoms with Gasteiger partial charge in [-0.3, -0.25) is 0 Å². The number of rotatable bonds is 7. The maximum Gasteiger partial charge on any atom is 0.319 e. The van der Waals surface area contributed by atoms with Crippen LogP contribution in [-0.4, -0.2) is 53.5 Å². The van der Waals surface area contributed by atoms with Crippen molar-refractivity contribution in [3.8, 4) is 11.1 Å². The van der Waals surface area contributed by atoms with Gasteiger partial charge < -0.3 is 21.3 Å². The number of hydrogen-bond donors (Lipinski definition) is 4. The number of carbonyl (C=O) groups excluding carboxylic acids is 2. The molecule has 0 aliphatic carbocycles. The highest BCUT2D eigenvalue weighted by atomic mass is 32.2. The first-order valence-electron chi connectivity index (χ1n) is 11.2. The van der Waals surface area contributed by atoms with Crippen molar-refractivity contribution in [3.05, 3.63) is 71.5 Å². The molecule has 0 spiro atoms. The molecule has 0 bridgehead atoms. The molecule has 2 aliphatic heterocycles. The number of anilines is 2. The molecule has 10 nitrogen and oxygen atoms in total. The predicted octanol–water partition coefficient (Wildman–Crippen LogP) is 2.71. The minimum absolute atomic E-state index is 0.00540. The lowest BCUT2D eigenvalue weighted by Gasteiger charge is -2.12. The Kier molecular flexibility index (Phi) is 7.45. The highest BCUT2D eigenvalue weighted by Crippen LogP contribution is 2.23. The van der Waals surface area contributed by atoms with E-state index in [1.165, 1.54) is 10.8 Å². The lowest BCUT2D eigenvalue weighted by atomic mass is 10.1. The minimum Gasteiger partial charge on any atom is -0.337 e. The van der Waals surface area contributed by atoms with E-state index in [1.807, 2.05) is 24.3 Å². The summed E-state index contributed by atoms with van der Waals surface area (Å²) in [5.41, 5.74) is 3.00. The molecular formula is C24H26N4O6S2. The van der Waals surface area contributed by atoms with Crippen LogP contribution in [0.2, 0.25) is 0 Å². The van der Waals surface area contributed by atoms with Crippen LogP contribution in [0.15, 0.2) is 71.5 Å². The summed E-state index contributed by atoms with van der Waals surface area (Å²) in [6, 6.07) is 13.6. The van der Waals surface area contributed by atoms with E-state index in [0.717, 1.165) is 11.1 Å². The van der Waals surface area contributed by atoms with Gasteiger partial charge in [-0.1, -0.05) is 36.4 Å². The molecule has 2 heterocycles. The molecule has 0 aromatic heterocycles. The van der Waals surface area contributed by atoms with Crippen LogP contribution in [0.3, 0.4) is 0 Å². The van der Waals surface area contributed by atoms with E-state index < -0.39 is 31.7 Å². The molecule has 2 aromatic carbocycles. The molecule has 12 heteroatoms. The Bertz CT molecular complexity index is 1290. The van der Waals surface area contributed by atoms with Crippen molar-refractivity contribution >= 4 is 43.1 Å². The van der Waals surface area contributed by atoms with Gasteiger partial charge in [0, 0.05) is 47.1 Å². The summed E-state index contributed by atoms with van der Waals surface area (Å²) in [6.07, 6.45) is 3.17. The zero-order chi connectivity index (χ0) is 25.8. The van der Waals surface area contributed by atoms with Gasteiger partial charge in [0.15, 0.2) is 19.7 Å². The molecule has 0 unspecified atom stereocenters. The fraction of sp³-hybridized carbons (Fsp3) is 0.250. The number of nitrogens with one attached hydrogen (secondary N) is 4. The number of carbonyl (C=O) groups is 2. The summed E-state index contributed by atoms with van der Waals surface area (Å²) in [5.74, 6) is -0.443. The molecule has 4 rings (SSSR count). The van der Waals surface area contributed by atoms with Crippen molar-refractivity contribution in [2.75, 3.05) is 35.2 Å². The fourth-order valence-corrected chi connectivity index (χ4v) is 6.62. The average Bonchev–Trinajstić information content (AvgIpc) is 3.37. The Morgan fingerprint density at radius 3 is 1.31 bits per heavy atom. The maximum absolute atomic E-state index is 12.1. The van der Waals surface area contributed by atoms with E-state index in [9.17, 15) is 26.4 Å². The first kappa shape index (κ1) is 25.5. The molecule has 36 heavy (non-hydrogen) atoms. The van der Waals surface area contributed by atoms with Crippen LogP contribution in [0.5, 0.6) is 0 Å². The Labute approximate surface area is 209 Å². The molecular weight excluding hydrogens is 504 g/mol. The van der Waals surface area contributed by atoms with Crippen LogP contribution >= 0.6 is 0 Å². The summed E-state index contributed by atoms with van der Waals surface area (Å²) < 4.78 is 45.7. The van der Waals surface area contributed by atoms with Gasteiger partial charge in [0.2, 0.25) is 0 Å². The molecule has 2 aromatic rings. The summed E-state index contributed by atoms with van der Waals surface area (Å²) in [5, 5.41) is 13.1. The van der Waals surface area contributed by atoms with Gasteiger partial charge in [-0.05, 0) is 35.4 Å². The normalized spacial score (nSPS) is 21.1. The van der Waals surface area contributed by atoms with Gasteiger partial charge >= 0.3 is 12.1 Å². The second-order valence-electron chi connectivity index (χ2n) is 8.66. The van der Waals surface area contributed by atoms with E-state index in [-0.39, 0.29) is 36.4 Å². The number of urea groups is 2. The van der Waals surface area contributed by atoms with Crippen LogP contribution in [-0.2, 0) is 19.7 Å². The van der Waals surface area contributed by atoms with Gasteiger partial charge in [-0.2, -0.15) is 0 Å². The van der Waals surface area contributed by atoms with Crippen molar-refractivity contribution < 1.29 is 26.4 Å². The summed E-state index contributed by atoms with van der Waals surface area (Å²) in [7, 11) is -6.30. The largest absolute Gasteiger partial charge is 0.337 e. The topological polar surface area (TPSA) is 151 Å². The molecule has 0 radical (unpaired) electrons. The molecule has 2 aliphatic rings. The van der Waals surface area contributed by atoms with E-state index in [1.54, 1.807) is 36.4 Å². The van der Waals surface area contributed by atoms with Crippen LogP contribution in [0, 0.1) is 11.8 Å². The van der Waals surface area contributed by atoms with Crippen molar-refractivity contribution in [1.82, 2.24) is 10.6 Å². The Morgan fingerprint density at radius 1 is 0.639 bits per heavy atom. The van der Waals surface area contributed by atoms with Gasteiger partial charge in [0.25, 0.3) is 0 Å². The molecule has 2 atom stereocenters. The number of amides is 4. The molecule has 4 amide bonds. The second kappa shape index (κ2) is 10.5. The average molecular weight is 531 g/mol. The summed E-state index contributed by atoms with van der Waals surface area (Å²) >= 11 is 0. The molecule has 190 valence electrons. The van der Waals surface area contributed by atoms with Gasteiger partial charge in [0.05, 0.1) is 11.5 Å². The third-order valence-corrected chi connectivity index (χ3v) is 8.61. The Morgan fingerprint density at radius 2 is 1.00 bits per heavy atom. The first-order chi connectivity index (χ1) is 17.1. The van der Waals surface area contributed by atoms with Gasteiger partial charge in [-0.15, -0.1) is 0 Å². The molecule has 0 saturated heterocycles. The van der Waals surface area contributed by atoms with Gasteiger partial charge in [-0.25, -0.2) is 26.4 Å². The zero-order valence-corrected chi connectivity index (χ0v) is 20.8. The second-order valence-corrected chi connectivity index (χ2v) is 12.5. The van der Waals surface area contributed by atoms with Crippen molar-refractivity contribution in [2.24, 2.45) is 11.8 Å². The van der Waals surface area contributed by atoms with E-state index in [4.69, 9.17) is 0 Å². The monoisotopic (exact) mass is 530 g/mol. The van der Waals surface area contributed by atoms with Crippen LogP contribution < -0.4 is 21.3 Å². The van der Waals surface area contributed by atoms with E-state index in [2.05, 4.69) is 21.3 Å². The third-order valence-electron chi connectivity index (χ3n) is 5.68. The van der Waals surface area contributed by atoms with Crippen LogP contribution in [0.1, 0.15) is 0 Å². The highest BCUT2D eigenvalue weighted by Gasteiger charge is 2.22. The quantitative estimate of drug-likeness (QED) is 0.432. The van der Waals surface area contributed by atoms with Gasteiger partial charge in [0.1, 0.15) is 0 Å². The molecule has 4 N–H and O–H groups in total. The summed E-state index contributed by atoms with van der Waals surface area (Å²) in [6.45, 7) is 0.467. The molecule has 0 saturated carbocycles. The van der Waals surface area contributed by atoms with Crippen molar-refractivity contribution in [1.29, 1.82) is 0 Å². The smallest absolute Gasteiger partial charge is 0.319 e. The SMILES string of the molecule is O=C(NC[C@H]1C=CS(=O)(=O)C1)Nc1ccc(-c2ccc(NC(=O)NC[C@H]3C=CS(=O)(=O)C3)cc2)cc1. The number of hydrogen-bond acceptors (Lipinski definition) is 6. The summed E-state index contributed by atoms with van der Waals surface area (Å²) in [4.78, 5) is 24.2. The third kappa shape index (κ3) is 7.18.